The quantitative estimate of drug-likeness (QED) is 0.119. The maximum Gasteiger partial charge on any atom is 0.303 e. The summed E-state index contributed by atoms with van der Waals surface area (Å²) in [6.07, 6.45) is -6.19. The van der Waals surface area contributed by atoms with E-state index in [1.54, 1.807) is 28.3 Å². The Morgan fingerprint density at radius 2 is 1.13 bits per heavy atom. The van der Waals surface area contributed by atoms with Gasteiger partial charge in [0.25, 0.3) is 0 Å². The summed E-state index contributed by atoms with van der Waals surface area (Å²) in [6.45, 7) is 15.2. The fourth-order valence-corrected chi connectivity index (χ4v) is 15.8. The third kappa shape index (κ3) is 11.8. The zero-order valence-corrected chi connectivity index (χ0v) is 47.9. The van der Waals surface area contributed by atoms with Gasteiger partial charge in [-0.25, -0.2) is 0 Å². The van der Waals surface area contributed by atoms with Crippen LogP contribution in [0.1, 0.15) is 126 Å². The number of aliphatic hydroxyl groups is 4. The van der Waals surface area contributed by atoms with Crippen molar-refractivity contribution >= 4 is 11.8 Å². The third-order valence-corrected chi connectivity index (χ3v) is 19.9. The number of carbonyl (C=O) groups is 2. The molecule has 5 heterocycles. The number of ketones is 1. The van der Waals surface area contributed by atoms with Gasteiger partial charge >= 0.3 is 5.97 Å². The molecule has 4 aliphatic carbocycles. The van der Waals surface area contributed by atoms with Crippen molar-refractivity contribution in [1.29, 1.82) is 0 Å². The van der Waals surface area contributed by atoms with Crippen LogP contribution >= 0.6 is 0 Å². The summed E-state index contributed by atoms with van der Waals surface area (Å²) in [6, 6.07) is 0. The summed E-state index contributed by atoms with van der Waals surface area (Å²) in [5, 5.41) is 40.8. The number of methoxy groups -OCH3 is 4. The van der Waals surface area contributed by atoms with Crippen molar-refractivity contribution in [3.8, 4) is 0 Å². The Bertz CT molecular complexity index is 2050. The molecule has 9 aliphatic rings. The van der Waals surface area contributed by atoms with Gasteiger partial charge in [-0.2, -0.15) is 0 Å². The van der Waals surface area contributed by atoms with Crippen molar-refractivity contribution in [2.75, 3.05) is 35.0 Å². The number of fused-ring (bicyclic) bond motifs is 5. The lowest BCUT2D eigenvalue weighted by atomic mass is 9.47. The van der Waals surface area contributed by atoms with Crippen LogP contribution in [0.5, 0.6) is 0 Å². The Labute approximate surface area is 460 Å². The van der Waals surface area contributed by atoms with Crippen LogP contribution in [0.25, 0.3) is 0 Å². The monoisotopic (exact) mass is 1110 g/mol. The van der Waals surface area contributed by atoms with E-state index in [0.29, 0.717) is 25.2 Å². The molecule has 8 fully saturated rings. The topological polar surface area (TPSA) is 254 Å². The summed E-state index contributed by atoms with van der Waals surface area (Å²) in [5.41, 5.74) is 1.23. The normalized spacial score (nSPS) is 50.7. The Morgan fingerprint density at radius 3 is 1.58 bits per heavy atom. The summed E-state index contributed by atoms with van der Waals surface area (Å²) < 4.78 is 93.9. The SMILES string of the molecule is CCC1C(OC(C)=O)C(=O)C2C3CC=C4CC(OC5CC(OC)C(OC6CC(OC)C(OC7CC(OC)C(OC8CC(OC)C(OC9OC(CO)C(O)C(O)C9O)C(C)O8)C(C)O7)C(C)O6)C(C)O5)CCC4(C)C3CCC12C. The van der Waals surface area contributed by atoms with Crippen molar-refractivity contribution in [3.05, 3.63) is 11.6 Å². The number of esters is 1. The molecule has 3 saturated carbocycles. The van der Waals surface area contributed by atoms with Crippen LogP contribution < -0.4 is 0 Å². The second-order valence-corrected chi connectivity index (χ2v) is 24.3. The number of aliphatic hydroxyl groups excluding tert-OH is 4. The summed E-state index contributed by atoms with van der Waals surface area (Å²) in [5.74, 6) is 0.315. The minimum atomic E-state index is -1.59. The molecule has 0 aromatic rings. The molecule has 0 aromatic heterocycles. The lowest BCUT2D eigenvalue weighted by Gasteiger charge is -2.57. The zero-order valence-electron chi connectivity index (χ0n) is 47.9. The molecule has 0 radical (unpaired) electrons. The zero-order chi connectivity index (χ0) is 56.1. The van der Waals surface area contributed by atoms with Gasteiger partial charge in [0.1, 0.15) is 48.8 Å². The predicted molar refractivity (Wildman–Crippen MR) is 274 cm³/mol. The molecule has 21 heteroatoms. The number of Topliss-reactive ketones (excluding diaryl/α,β-unsaturated/α-hetero) is 1. The van der Waals surface area contributed by atoms with Crippen molar-refractivity contribution in [2.45, 2.75) is 267 Å². The number of hydrogen-bond donors (Lipinski definition) is 4. The molecule has 5 saturated heterocycles. The first-order valence-electron chi connectivity index (χ1n) is 28.9. The van der Waals surface area contributed by atoms with Gasteiger partial charge in [0.15, 0.2) is 43.3 Å². The van der Waals surface area contributed by atoms with E-state index in [1.807, 2.05) is 20.8 Å². The largest absolute Gasteiger partial charge is 0.454 e. The van der Waals surface area contributed by atoms with Crippen LogP contribution in [0.4, 0.5) is 0 Å². The third-order valence-electron chi connectivity index (χ3n) is 19.9. The molecule has 5 aliphatic heterocycles. The van der Waals surface area contributed by atoms with Crippen LogP contribution in [0, 0.1) is 34.5 Å². The average Bonchev–Trinajstić information content (AvgIpc) is 3.63. The number of ether oxygens (including phenoxy) is 15. The molecule has 446 valence electrons. The molecule has 78 heavy (non-hydrogen) atoms. The molecule has 4 N–H and O–H groups in total. The second kappa shape index (κ2) is 25.2. The Morgan fingerprint density at radius 1 is 0.654 bits per heavy atom. The Hall–Kier alpha value is -1.84. The molecule has 29 atom stereocenters. The molecule has 0 bridgehead atoms. The van der Waals surface area contributed by atoms with E-state index in [2.05, 4.69) is 26.8 Å². The molecule has 29 unspecified atom stereocenters. The first-order valence-corrected chi connectivity index (χ1v) is 28.9. The minimum Gasteiger partial charge on any atom is -0.454 e. The Balaban J connectivity index is 0.749. The van der Waals surface area contributed by atoms with Gasteiger partial charge in [0.2, 0.25) is 0 Å². The van der Waals surface area contributed by atoms with Crippen molar-refractivity contribution in [3.63, 3.8) is 0 Å². The van der Waals surface area contributed by atoms with Crippen molar-refractivity contribution in [1.82, 2.24) is 0 Å². The number of hydrogen-bond acceptors (Lipinski definition) is 21. The molecule has 0 amide bonds. The minimum absolute atomic E-state index is 0.0197. The van der Waals surface area contributed by atoms with Gasteiger partial charge in [-0.3, -0.25) is 9.59 Å². The van der Waals surface area contributed by atoms with E-state index >= 15 is 0 Å². The van der Waals surface area contributed by atoms with E-state index in [-0.39, 0.29) is 65.1 Å². The lowest BCUT2D eigenvalue weighted by Crippen LogP contribution is -2.62. The fourth-order valence-electron chi connectivity index (χ4n) is 15.8. The molecule has 0 aromatic carbocycles. The summed E-state index contributed by atoms with van der Waals surface area (Å²) in [4.78, 5) is 26.3. The van der Waals surface area contributed by atoms with Gasteiger partial charge in [-0.1, -0.05) is 32.4 Å². The maximum atomic E-state index is 14.1. The lowest BCUT2D eigenvalue weighted by molar-refractivity contribution is -0.358. The standard InChI is InChI=1S/C57H92O21/c1-13-34-54(72-30(6)59)47(61)45-33-15-14-31-20-32(16-18-56(31,7)35(33)17-19-57(34,45)8)73-41-21-36(64-9)50(26(2)68-41)75-42-22-37(65-10)51(27(3)69-42)76-43-23-38(66-11)52(28(4)70-43)77-44-24-39(67-12)53(29(5)71-44)78-55-49(63)48(62)46(60)40(25-58)74-55/h14,26-29,32-46,48-55,58,60,62-63H,13,15-25H2,1-12H3. The van der Waals surface area contributed by atoms with Crippen molar-refractivity contribution < 1.29 is 101 Å². The van der Waals surface area contributed by atoms with E-state index < -0.39 is 130 Å². The van der Waals surface area contributed by atoms with E-state index in [4.69, 9.17) is 71.1 Å². The highest BCUT2D eigenvalue weighted by molar-refractivity contribution is 5.91. The molecule has 0 spiro atoms. The van der Waals surface area contributed by atoms with Crippen LogP contribution in [0.15, 0.2) is 11.6 Å². The molecule has 21 nitrogen and oxygen atoms in total. The van der Waals surface area contributed by atoms with Crippen molar-refractivity contribution in [2.24, 2.45) is 34.5 Å². The van der Waals surface area contributed by atoms with Gasteiger partial charge in [-0.05, 0) is 95.3 Å². The summed E-state index contributed by atoms with van der Waals surface area (Å²) in [7, 11) is 6.47. The van der Waals surface area contributed by atoms with E-state index in [1.165, 1.54) is 19.6 Å². The maximum absolute atomic E-state index is 14.1. The first-order chi connectivity index (χ1) is 37.2. The summed E-state index contributed by atoms with van der Waals surface area (Å²) >= 11 is 0. The highest BCUT2D eigenvalue weighted by Crippen LogP contribution is 2.66. The van der Waals surface area contributed by atoms with E-state index in [9.17, 15) is 30.0 Å². The fraction of sp³-hybridized carbons (Fsp3) is 0.930. The van der Waals surface area contributed by atoms with Gasteiger partial charge in [-0.15, -0.1) is 0 Å². The van der Waals surface area contributed by atoms with Crippen LogP contribution in [-0.2, 0) is 80.6 Å². The smallest absolute Gasteiger partial charge is 0.303 e. The van der Waals surface area contributed by atoms with Gasteiger partial charge < -0.3 is 91.5 Å². The van der Waals surface area contributed by atoms with Crippen LogP contribution in [-0.4, -0.2) is 209 Å². The predicted octanol–water partition coefficient (Wildman–Crippen LogP) is 4.02. The first kappa shape index (κ1) is 60.7. The number of rotatable bonds is 17. The molecular weight excluding hydrogens is 1020 g/mol. The molecular formula is C57H92O21. The van der Waals surface area contributed by atoms with E-state index in [0.717, 1.165) is 44.9 Å². The second-order valence-electron chi connectivity index (χ2n) is 24.3. The van der Waals surface area contributed by atoms with Crippen LogP contribution in [0.2, 0.25) is 0 Å². The average molecular weight is 1110 g/mol. The highest BCUT2D eigenvalue weighted by atomic mass is 16.8. The van der Waals surface area contributed by atoms with Gasteiger partial charge in [0, 0.05) is 72.9 Å². The van der Waals surface area contributed by atoms with Crippen LogP contribution in [0.3, 0.4) is 0 Å². The van der Waals surface area contributed by atoms with Gasteiger partial charge in [0.05, 0.1) is 61.5 Å². The highest BCUT2D eigenvalue weighted by Gasteiger charge is 2.66. The Kier molecular flexibility index (Phi) is 19.6. The number of allylic oxidation sites excluding steroid dienone is 1. The number of carbonyl (C=O) groups excluding carboxylic acids is 2. The molecule has 9 rings (SSSR count).